The highest BCUT2D eigenvalue weighted by molar-refractivity contribution is 7.26. The molecule has 0 amide bonds. The van der Waals surface area contributed by atoms with Crippen molar-refractivity contribution in [1.29, 1.82) is 0 Å². The third kappa shape index (κ3) is 5.68. The molecule has 2 aromatic heterocycles. The van der Waals surface area contributed by atoms with Gasteiger partial charge in [0, 0.05) is 54.8 Å². The molecule has 0 aliphatic heterocycles. The predicted octanol–water partition coefficient (Wildman–Crippen LogP) is 11.4. The Labute approximate surface area is 300 Å². The highest BCUT2D eigenvalue weighted by Crippen LogP contribution is 2.41. The fourth-order valence-electron chi connectivity index (χ4n) is 7.08. The average Bonchev–Trinajstić information content (AvgIpc) is 3.74. The van der Waals surface area contributed by atoms with E-state index in [4.69, 9.17) is 9.98 Å². The van der Waals surface area contributed by atoms with Gasteiger partial charge in [0.25, 0.3) is 0 Å². The van der Waals surface area contributed by atoms with Gasteiger partial charge < -0.3 is 9.88 Å². The molecule has 9 aromatic rings. The number of aromatic nitrogens is 1. The highest BCUT2D eigenvalue weighted by Gasteiger charge is 2.16. The van der Waals surface area contributed by atoms with Crippen LogP contribution in [0.2, 0.25) is 0 Å². The summed E-state index contributed by atoms with van der Waals surface area (Å²) in [6.07, 6.45) is 0. The van der Waals surface area contributed by atoms with E-state index in [9.17, 15) is 0 Å². The molecule has 2 heterocycles. The van der Waals surface area contributed by atoms with Crippen molar-refractivity contribution in [1.82, 2.24) is 9.88 Å². The first kappa shape index (κ1) is 30.7. The summed E-state index contributed by atoms with van der Waals surface area (Å²) < 4.78 is 5.02. The summed E-state index contributed by atoms with van der Waals surface area (Å²) in [5.74, 6) is 1.44. The Morgan fingerprint density at radius 2 is 1.27 bits per heavy atom. The lowest BCUT2D eigenvalue weighted by molar-refractivity contribution is 1.06. The van der Waals surface area contributed by atoms with Gasteiger partial charge in [-0.05, 0) is 53.1 Å². The van der Waals surface area contributed by atoms with Crippen LogP contribution in [0.4, 0.5) is 0 Å². The van der Waals surface area contributed by atoms with E-state index in [1.165, 1.54) is 47.6 Å². The number of aliphatic imine (C=N–C) groups is 2. The van der Waals surface area contributed by atoms with Gasteiger partial charge in [-0.25, -0.2) is 4.99 Å². The standard InChI is InChI=1S/C46H34N4S/c1-47-45(49-46(32-16-6-3-7-17-32)48-30-31-14-4-2-5-15-31)34-18-12-19-35(28-34)50-41-24-10-8-20-37(41)40-29-33(26-27-42(40)50)36-22-13-23-39-38-21-9-11-25-43(38)51-44(36)39/h2-29H,30H2,1H3,(H,47,48,49). The van der Waals surface area contributed by atoms with Crippen LogP contribution in [-0.2, 0) is 6.54 Å². The molecular weight excluding hydrogens is 641 g/mol. The van der Waals surface area contributed by atoms with Crippen LogP contribution in [0.1, 0.15) is 16.7 Å². The Kier molecular flexibility index (Phi) is 7.95. The molecule has 0 aliphatic carbocycles. The molecule has 5 heteroatoms. The molecule has 0 atom stereocenters. The van der Waals surface area contributed by atoms with Crippen molar-refractivity contribution in [3.63, 3.8) is 0 Å². The highest BCUT2D eigenvalue weighted by atomic mass is 32.1. The molecule has 9 rings (SSSR count). The number of hydrogen-bond donors (Lipinski definition) is 1. The third-order valence-electron chi connectivity index (χ3n) is 9.51. The van der Waals surface area contributed by atoms with Crippen LogP contribution in [0.3, 0.4) is 0 Å². The van der Waals surface area contributed by atoms with E-state index in [2.05, 4.69) is 143 Å². The zero-order chi connectivity index (χ0) is 34.1. The van der Waals surface area contributed by atoms with Gasteiger partial charge in [0.15, 0.2) is 5.84 Å². The molecule has 4 nitrogen and oxygen atoms in total. The number of amidine groups is 2. The average molecular weight is 675 g/mol. The Bertz CT molecular complexity index is 2750. The molecule has 0 fully saturated rings. The van der Waals surface area contributed by atoms with Gasteiger partial charge in [-0.1, -0.05) is 133 Å². The second-order valence-corrected chi connectivity index (χ2v) is 13.7. The maximum Gasteiger partial charge on any atom is 0.157 e. The zero-order valence-corrected chi connectivity index (χ0v) is 28.9. The normalized spacial score (nSPS) is 12.3. The third-order valence-corrected chi connectivity index (χ3v) is 10.7. The summed E-state index contributed by atoms with van der Waals surface area (Å²) in [6.45, 7) is 0.548. The van der Waals surface area contributed by atoms with E-state index in [0.29, 0.717) is 12.4 Å². The largest absolute Gasteiger partial charge is 0.373 e. The van der Waals surface area contributed by atoms with E-state index in [1.54, 1.807) is 0 Å². The van der Waals surface area contributed by atoms with Crippen molar-refractivity contribution in [2.24, 2.45) is 9.98 Å². The molecule has 244 valence electrons. The van der Waals surface area contributed by atoms with E-state index in [1.807, 2.05) is 54.8 Å². The summed E-state index contributed by atoms with van der Waals surface area (Å²) in [5.41, 5.74) is 9.00. The van der Waals surface area contributed by atoms with Crippen LogP contribution in [-0.4, -0.2) is 23.3 Å². The van der Waals surface area contributed by atoms with E-state index in [0.717, 1.165) is 33.7 Å². The topological polar surface area (TPSA) is 41.7 Å². The number of para-hydroxylation sites is 1. The molecule has 1 N–H and O–H groups in total. The minimum Gasteiger partial charge on any atom is -0.373 e. The molecule has 0 aliphatic rings. The van der Waals surface area contributed by atoms with E-state index >= 15 is 0 Å². The predicted molar refractivity (Wildman–Crippen MR) is 218 cm³/mol. The minimum atomic E-state index is 0.548. The second kappa shape index (κ2) is 13.2. The van der Waals surface area contributed by atoms with E-state index in [-0.39, 0.29) is 0 Å². The molecule has 51 heavy (non-hydrogen) atoms. The zero-order valence-electron chi connectivity index (χ0n) is 28.1. The fourth-order valence-corrected chi connectivity index (χ4v) is 8.32. The first-order valence-electron chi connectivity index (χ1n) is 17.2. The van der Waals surface area contributed by atoms with Gasteiger partial charge in [-0.2, -0.15) is 0 Å². The second-order valence-electron chi connectivity index (χ2n) is 12.6. The Morgan fingerprint density at radius 1 is 0.588 bits per heavy atom. The molecular formula is C46H34N4S. The van der Waals surface area contributed by atoms with Crippen LogP contribution in [0, 0.1) is 0 Å². The van der Waals surface area contributed by atoms with Gasteiger partial charge in [0.05, 0.1) is 17.6 Å². The summed E-state index contributed by atoms with van der Waals surface area (Å²) in [7, 11) is 1.92. The van der Waals surface area contributed by atoms with Gasteiger partial charge in [-0.3, -0.25) is 4.99 Å². The van der Waals surface area contributed by atoms with Crippen LogP contribution in [0.5, 0.6) is 0 Å². The summed E-state index contributed by atoms with van der Waals surface area (Å²) in [6, 6.07) is 60.1. The van der Waals surface area contributed by atoms with Gasteiger partial charge in [0.2, 0.25) is 0 Å². The quantitative estimate of drug-likeness (QED) is 0.138. The molecule has 0 saturated carbocycles. The molecule has 0 bridgehead atoms. The van der Waals surface area contributed by atoms with Crippen LogP contribution >= 0.6 is 11.3 Å². The monoisotopic (exact) mass is 674 g/mol. The summed E-state index contributed by atoms with van der Waals surface area (Å²) in [5, 5.41) is 8.47. The number of nitrogens with zero attached hydrogens (tertiary/aromatic N) is 3. The number of rotatable bonds is 6. The Morgan fingerprint density at radius 3 is 2.12 bits per heavy atom. The lowest BCUT2D eigenvalue weighted by Crippen LogP contribution is -2.22. The maximum atomic E-state index is 5.13. The summed E-state index contributed by atoms with van der Waals surface area (Å²) >= 11 is 1.87. The van der Waals surface area contributed by atoms with Crippen molar-refractivity contribution in [2.45, 2.75) is 6.54 Å². The molecule has 0 unspecified atom stereocenters. The number of benzene rings is 7. The molecule has 0 saturated heterocycles. The van der Waals surface area contributed by atoms with Crippen molar-refractivity contribution in [3.8, 4) is 16.8 Å². The number of thiophene rings is 1. The fraction of sp³-hybridized carbons (Fsp3) is 0.0435. The Balaban J connectivity index is 1.15. The van der Waals surface area contributed by atoms with Gasteiger partial charge in [0.1, 0.15) is 5.84 Å². The van der Waals surface area contributed by atoms with E-state index < -0.39 is 0 Å². The SMILES string of the molecule is CNC(=NC(=NCc1ccccc1)c1ccccc1)c1cccc(-n2c3ccccc3c3cc(-c4cccc5c4sc4ccccc45)ccc32)c1. The summed E-state index contributed by atoms with van der Waals surface area (Å²) in [4.78, 5) is 10.1. The lowest BCUT2D eigenvalue weighted by atomic mass is 10.0. The van der Waals surface area contributed by atoms with Crippen molar-refractivity contribution in [3.05, 3.63) is 187 Å². The molecule has 7 aromatic carbocycles. The van der Waals surface area contributed by atoms with Crippen molar-refractivity contribution in [2.75, 3.05) is 7.05 Å². The first-order valence-corrected chi connectivity index (χ1v) is 18.0. The number of fused-ring (bicyclic) bond motifs is 6. The van der Waals surface area contributed by atoms with Gasteiger partial charge in [-0.15, -0.1) is 11.3 Å². The number of nitrogens with one attached hydrogen (secondary N) is 1. The van der Waals surface area contributed by atoms with Gasteiger partial charge >= 0.3 is 0 Å². The maximum absolute atomic E-state index is 5.13. The van der Waals surface area contributed by atoms with Crippen LogP contribution in [0.15, 0.2) is 180 Å². The van der Waals surface area contributed by atoms with Crippen molar-refractivity contribution >= 4 is 65.0 Å². The molecule has 0 spiro atoms. The first-order chi connectivity index (χ1) is 25.2. The smallest absolute Gasteiger partial charge is 0.157 e. The van der Waals surface area contributed by atoms with Crippen LogP contribution < -0.4 is 5.32 Å². The van der Waals surface area contributed by atoms with Crippen molar-refractivity contribution < 1.29 is 0 Å². The van der Waals surface area contributed by atoms with Crippen LogP contribution in [0.25, 0.3) is 58.8 Å². The lowest BCUT2D eigenvalue weighted by Gasteiger charge is -2.13. The Hall–Kier alpha value is -6.30. The molecule has 0 radical (unpaired) electrons. The number of hydrogen-bond acceptors (Lipinski definition) is 2. The minimum absolute atomic E-state index is 0.548.